The van der Waals surface area contributed by atoms with Crippen LogP contribution in [0.1, 0.15) is 16.8 Å². The van der Waals surface area contributed by atoms with E-state index in [9.17, 15) is 13.2 Å². The largest absolute Gasteiger partial charge is 0.435 e. The molecule has 0 aliphatic carbocycles. The van der Waals surface area contributed by atoms with E-state index in [4.69, 9.17) is 11.6 Å². The van der Waals surface area contributed by atoms with Crippen LogP contribution in [0, 0.1) is 13.8 Å². The van der Waals surface area contributed by atoms with Crippen molar-refractivity contribution in [2.75, 3.05) is 0 Å². The summed E-state index contributed by atoms with van der Waals surface area (Å²) < 4.78 is 39.3. The normalized spacial score (nSPS) is 11.9. The van der Waals surface area contributed by atoms with Crippen molar-refractivity contribution in [1.82, 2.24) is 9.78 Å². The van der Waals surface area contributed by atoms with E-state index in [0.717, 1.165) is 10.2 Å². The molecule has 0 atom stereocenters. The van der Waals surface area contributed by atoms with Gasteiger partial charge in [-0.3, -0.25) is 0 Å². The lowest BCUT2D eigenvalue weighted by molar-refractivity contribution is -0.141. The first-order chi connectivity index (χ1) is 8.32. The monoisotopic (exact) mass is 274 g/mol. The Morgan fingerprint density at radius 1 is 1.17 bits per heavy atom. The van der Waals surface area contributed by atoms with Crippen LogP contribution in [0.5, 0.6) is 0 Å². The molecule has 2 aromatic rings. The van der Waals surface area contributed by atoms with Crippen LogP contribution in [0.3, 0.4) is 0 Å². The van der Waals surface area contributed by atoms with Gasteiger partial charge in [0.05, 0.1) is 5.69 Å². The number of alkyl halides is 3. The van der Waals surface area contributed by atoms with Crippen LogP contribution in [-0.2, 0) is 6.18 Å². The SMILES string of the molecule is Cc1ccccc1-n1nc(C(F)(F)F)c(C)c1Cl. The van der Waals surface area contributed by atoms with Crippen LogP contribution in [0.25, 0.3) is 5.69 Å². The number of aryl methyl sites for hydroxylation is 1. The minimum absolute atomic E-state index is 0.0170. The Balaban J connectivity index is 2.65. The highest BCUT2D eigenvalue weighted by Gasteiger charge is 2.37. The Morgan fingerprint density at radius 2 is 1.78 bits per heavy atom. The van der Waals surface area contributed by atoms with E-state index in [-0.39, 0.29) is 10.7 Å². The van der Waals surface area contributed by atoms with Crippen LogP contribution >= 0.6 is 11.6 Å². The Bertz CT molecular complexity index is 587. The van der Waals surface area contributed by atoms with Crippen LogP contribution in [0.15, 0.2) is 24.3 Å². The summed E-state index contributed by atoms with van der Waals surface area (Å²) in [5.41, 5.74) is 0.333. The first kappa shape index (κ1) is 13.0. The summed E-state index contributed by atoms with van der Waals surface area (Å²) in [7, 11) is 0. The van der Waals surface area contributed by atoms with Crippen LogP contribution in [0.2, 0.25) is 5.15 Å². The van der Waals surface area contributed by atoms with Crippen molar-refractivity contribution in [2.45, 2.75) is 20.0 Å². The molecule has 0 saturated heterocycles. The smallest absolute Gasteiger partial charge is 0.221 e. The second-order valence-corrected chi connectivity index (χ2v) is 4.32. The molecule has 0 spiro atoms. The first-order valence-electron chi connectivity index (χ1n) is 5.20. The average molecular weight is 275 g/mol. The topological polar surface area (TPSA) is 17.8 Å². The van der Waals surface area contributed by atoms with Crippen molar-refractivity contribution in [2.24, 2.45) is 0 Å². The van der Waals surface area contributed by atoms with Crippen molar-refractivity contribution in [3.05, 3.63) is 46.2 Å². The minimum Gasteiger partial charge on any atom is -0.221 e. The van der Waals surface area contributed by atoms with Crippen molar-refractivity contribution in [1.29, 1.82) is 0 Å². The van der Waals surface area contributed by atoms with Crippen molar-refractivity contribution in [3.8, 4) is 5.69 Å². The van der Waals surface area contributed by atoms with Gasteiger partial charge in [-0.1, -0.05) is 29.8 Å². The van der Waals surface area contributed by atoms with Gasteiger partial charge < -0.3 is 0 Å². The summed E-state index contributed by atoms with van der Waals surface area (Å²) in [4.78, 5) is 0. The number of aromatic nitrogens is 2. The van der Waals surface area contributed by atoms with Gasteiger partial charge in [0.1, 0.15) is 5.15 Å². The highest BCUT2D eigenvalue weighted by Crippen LogP contribution is 2.35. The van der Waals surface area contributed by atoms with Gasteiger partial charge in [-0.2, -0.15) is 18.3 Å². The highest BCUT2D eigenvalue weighted by molar-refractivity contribution is 6.30. The fourth-order valence-electron chi connectivity index (χ4n) is 1.71. The number of para-hydroxylation sites is 1. The quantitative estimate of drug-likeness (QED) is 0.763. The molecule has 0 unspecified atom stereocenters. The molecule has 0 N–H and O–H groups in total. The van der Waals surface area contributed by atoms with Gasteiger partial charge >= 0.3 is 6.18 Å². The summed E-state index contributed by atoms with van der Waals surface area (Å²) in [5, 5.41) is 3.55. The third-order valence-electron chi connectivity index (χ3n) is 2.66. The maximum absolute atomic E-state index is 12.7. The van der Waals surface area contributed by atoms with Gasteiger partial charge in [0.25, 0.3) is 0 Å². The number of nitrogens with zero attached hydrogens (tertiary/aromatic N) is 2. The number of hydrogen-bond acceptors (Lipinski definition) is 1. The van der Waals surface area contributed by atoms with Crippen molar-refractivity contribution >= 4 is 11.6 Å². The van der Waals surface area contributed by atoms with E-state index in [1.54, 1.807) is 31.2 Å². The summed E-state index contributed by atoms with van der Waals surface area (Å²) in [5.74, 6) is 0. The van der Waals surface area contributed by atoms with Crippen LogP contribution in [-0.4, -0.2) is 9.78 Å². The summed E-state index contributed by atoms with van der Waals surface area (Å²) in [6.45, 7) is 3.10. The number of halogens is 4. The van der Waals surface area contributed by atoms with Gasteiger partial charge in [-0.25, -0.2) is 4.68 Å². The maximum Gasteiger partial charge on any atom is 0.435 e. The Morgan fingerprint density at radius 3 is 2.28 bits per heavy atom. The van der Waals surface area contributed by atoms with E-state index in [2.05, 4.69) is 5.10 Å². The molecular formula is C12H10ClF3N2. The molecule has 18 heavy (non-hydrogen) atoms. The predicted molar refractivity (Wildman–Crippen MR) is 63.1 cm³/mol. The summed E-state index contributed by atoms with van der Waals surface area (Å²) >= 11 is 5.93. The summed E-state index contributed by atoms with van der Waals surface area (Å²) in [6.07, 6.45) is -4.50. The van der Waals surface area contributed by atoms with E-state index in [0.29, 0.717) is 5.69 Å². The minimum atomic E-state index is -4.50. The molecule has 2 nitrogen and oxygen atoms in total. The molecule has 96 valence electrons. The second kappa shape index (κ2) is 4.31. The molecule has 1 aromatic heterocycles. The zero-order chi connectivity index (χ0) is 13.5. The third kappa shape index (κ3) is 2.10. The van der Waals surface area contributed by atoms with E-state index in [1.807, 2.05) is 0 Å². The van der Waals surface area contributed by atoms with Crippen molar-refractivity contribution < 1.29 is 13.2 Å². The fraction of sp³-hybridized carbons (Fsp3) is 0.250. The summed E-state index contributed by atoms with van der Waals surface area (Å²) in [6, 6.07) is 6.99. The Kier molecular flexibility index (Phi) is 3.11. The Labute approximate surface area is 107 Å². The third-order valence-corrected chi connectivity index (χ3v) is 3.11. The molecule has 1 aromatic carbocycles. The van der Waals surface area contributed by atoms with Gasteiger partial charge in [-0.15, -0.1) is 0 Å². The molecule has 6 heteroatoms. The van der Waals surface area contributed by atoms with Crippen LogP contribution < -0.4 is 0 Å². The number of rotatable bonds is 1. The van der Waals surface area contributed by atoms with E-state index < -0.39 is 11.9 Å². The number of hydrogen-bond donors (Lipinski definition) is 0. The zero-order valence-corrected chi connectivity index (χ0v) is 10.5. The molecule has 0 amide bonds. The standard InChI is InChI=1S/C12H10ClF3N2/c1-7-5-3-4-6-9(7)18-11(13)8(2)10(17-18)12(14,15)16/h3-6H,1-2H3. The zero-order valence-electron chi connectivity index (χ0n) is 9.72. The molecule has 0 aliphatic heterocycles. The molecule has 0 bridgehead atoms. The van der Waals surface area contributed by atoms with Crippen LogP contribution in [0.4, 0.5) is 13.2 Å². The molecular weight excluding hydrogens is 265 g/mol. The van der Waals surface area contributed by atoms with Gasteiger partial charge in [0, 0.05) is 5.56 Å². The fourth-order valence-corrected chi connectivity index (χ4v) is 1.92. The van der Waals surface area contributed by atoms with E-state index in [1.165, 1.54) is 6.92 Å². The first-order valence-corrected chi connectivity index (χ1v) is 5.58. The average Bonchev–Trinajstić information content (AvgIpc) is 2.57. The van der Waals surface area contributed by atoms with Gasteiger partial charge in [0.2, 0.25) is 0 Å². The van der Waals surface area contributed by atoms with E-state index >= 15 is 0 Å². The Hall–Kier alpha value is -1.49. The van der Waals surface area contributed by atoms with Gasteiger partial charge in [0.15, 0.2) is 5.69 Å². The lowest BCUT2D eigenvalue weighted by Gasteiger charge is -2.06. The lowest BCUT2D eigenvalue weighted by atomic mass is 10.2. The lowest BCUT2D eigenvalue weighted by Crippen LogP contribution is -2.08. The number of benzene rings is 1. The maximum atomic E-state index is 12.7. The molecule has 0 aliphatic rings. The molecule has 0 saturated carbocycles. The molecule has 1 heterocycles. The molecule has 0 fully saturated rings. The molecule has 0 radical (unpaired) electrons. The molecule has 2 rings (SSSR count). The highest BCUT2D eigenvalue weighted by atomic mass is 35.5. The van der Waals surface area contributed by atoms with Crippen molar-refractivity contribution in [3.63, 3.8) is 0 Å². The van der Waals surface area contributed by atoms with Gasteiger partial charge in [-0.05, 0) is 25.5 Å². The predicted octanol–water partition coefficient (Wildman–Crippen LogP) is 4.16. The second-order valence-electron chi connectivity index (χ2n) is 3.96.